The molecule has 0 aromatic heterocycles. The number of alkyl halides is 1. The highest BCUT2D eigenvalue weighted by Gasteiger charge is 2.06. The Balaban J connectivity index is 1.96. The van der Waals surface area contributed by atoms with Crippen molar-refractivity contribution in [3.63, 3.8) is 0 Å². The highest BCUT2D eigenvalue weighted by Crippen LogP contribution is 2.30. The zero-order valence-electron chi connectivity index (χ0n) is 14.4. The number of ether oxygens (including phenoxy) is 2. The minimum absolute atomic E-state index is 0.643. The molecule has 1 atom stereocenters. The van der Waals surface area contributed by atoms with E-state index in [9.17, 15) is 0 Å². The van der Waals surface area contributed by atoms with E-state index in [0.29, 0.717) is 11.4 Å². The van der Waals surface area contributed by atoms with Crippen molar-refractivity contribution in [2.24, 2.45) is 0 Å². The van der Waals surface area contributed by atoms with Gasteiger partial charge in [0.15, 0.2) is 0 Å². The SMILES string of the molecule is CCOc1ccc2c(C)c(OCCCCC(Br)CC)ccc2c1. The summed E-state index contributed by atoms with van der Waals surface area (Å²) in [7, 11) is 0. The number of aryl methyl sites for hydroxylation is 1. The fourth-order valence-corrected chi connectivity index (χ4v) is 3.03. The van der Waals surface area contributed by atoms with E-state index < -0.39 is 0 Å². The van der Waals surface area contributed by atoms with E-state index in [4.69, 9.17) is 9.47 Å². The van der Waals surface area contributed by atoms with Crippen LogP contribution in [0, 0.1) is 6.92 Å². The van der Waals surface area contributed by atoms with Crippen LogP contribution in [0.4, 0.5) is 0 Å². The molecule has 0 saturated heterocycles. The average Bonchev–Trinajstić information content (AvgIpc) is 2.56. The van der Waals surface area contributed by atoms with Crippen LogP contribution in [-0.4, -0.2) is 18.0 Å². The molecule has 0 amide bonds. The lowest BCUT2D eigenvalue weighted by atomic mass is 10.0. The third-order valence-corrected chi connectivity index (χ3v) is 5.24. The Kier molecular flexibility index (Phi) is 7.22. The van der Waals surface area contributed by atoms with Crippen molar-refractivity contribution in [1.82, 2.24) is 0 Å². The Morgan fingerprint density at radius 2 is 1.87 bits per heavy atom. The molecule has 0 aliphatic carbocycles. The molecule has 1 unspecified atom stereocenters. The number of hydrogen-bond acceptors (Lipinski definition) is 2. The van der Waals surface area contributed by atoms with Crippen LogP contribution in [0.15, 0.2) is 30.3 Å². The smallest absolute Gasteiger partial charge is 0.122 e. The zero-order chi connectivity index (χ0) is 16.7. The predicted molar refractivity (Wildman–Crippen MR) is 102 cm³/mol. The summed E-state index contributed by atoms with van der Waals surface area (Å²) in [6, 6.07) is 10.4. The third kappa shape index (κ3) is 5.13. The van der Waals surface area contributed by atoms with Crippen molar-refractivity contribution >= 4 is 26.7 Å². The fraction of sp³-hybridized carbons (Fsp3) is 0.500. The molecule has 0 fully saturated rings. The zero-order valence-corrected chi connectivity index (χ0v) is 16.0. The van der Waals surface area contributed by atoms with E-state index >= 15 is 0 Å². The van der Waals surface area contributed by atoms with Crippen molar-refractivity contribution in [3.05, 3.63) is 35.9 Å². The lowest BCUT2D eigenvalue weighted by Gasteiger charge is -2.13. The summed E-state index contributed by atoms with van der Waals surface area (Å²) in [5, 5.41) is 2.43. The molecule has 126 valence electrons. The maximum absolute atomic E-state index is 5.99. The highest BCUT2D eigenvalue weighted by atomic mass is 79.9. The summed E-state index contributed by atoms with van der Waals surface area (Å²) in [5.41, 5.74) is 1.21. The quantitative estimate of drug-likeness (QED) is 0.378. The van der Waals surface area contributed by atoms with Gasteiger partial charge in [-0.05, 0) is 74.1 Å². The summed E-state index contributed by atoms with van der Waals surface area (Å²) in [6.45, 7) is 7.82. The van der Waals surface area contributed by atoms with Gasteiger partial charge in [-0.25, -0.2) is 0 Å². The third-order valence-electron chi connectivity index (χ3n) is 4.13. The minimum atomic E-state index is 0.643. The van der Waals surface area contributed by atoms with Crippen molar-refractivity contribution in [2.45, 2.75) is 51.3 Å². The molecule has 0 heterocycles. The van der Waals surface area contributed by atoms with Gasteiger partial charge in [-0.3, -0.25) is 0 Å². The Morgan fingerprint density at radius 1 is 1.04 bits per heavy atom. The van der Waals surface area contributed by atoms with Gasteiger partial charge >= 0.3 is 0 Å². The van der Waals surface area contributed by atoms with Gasteiger partial charge in [0.25, 0.3) is 0 Å². The first kappa shape index (κ1) is 18.1. The molecule has 2 aromatic rings. The van der Waals surface area contributed by atoms with E-state index in [0.717, 1.165) is 24.5 Å². The van der Waals surface area contributed by atoms with Crippen LogP contribution in [-0.2, 0) is 0 Å². The van der Waals surface area contributed by atoms with Gasteiger partial charge in [0, 0.05) is 4.83 Å². The summed E-state index contributed by atoms with van der Waals surface area (Å²) < 4.78 is 11.6. The summed E-state index contributed by atoms with van der Waals surface area (Å²) in [5.74, 6) is 1.92. The molecule has 3 heteroatoms. The highest BCUT2D eigenvalue weighted by molar-refractivity contribution is 9.09. The molecule has 2 aromatic carbocycles. The van der Waals surface area contributed by atoms with Gasteiger partial charge in [0.2, 0.25) is 0 Å². The Hall–Kier alpha value is -1.22. The van der Waals surface area contributed by atoms with E-state index in [-0.39, 0.29) is 0 Å². The minimum Gasteiger partial charge on any atom is -0.494 e. The molecule has 0 aliphatic heterocycles. The number of fused-ring (bicyclic) bond motifs is 1. The second kappa shape index (κ2) is 9.17. The Bertz CT molecular complexity index is 624. The van der Waals surface area contributed by atoms with Gasteiger partial charge in [-0.15, -0.1) is 0 Å². The van der Waals surface area contributed by atoms with E-state index in [1.807, 2.05) is 13.0 Å². The van der Waals surface area contributed by atoms with Crippen LogP contribution in [0.2, 0.25) is 0 Å². The standard InChI is InChI=1S/C20H27BrO2/c1-4-17(21)8-6-7-13-23-20-12-9-16-14-18(22-5-2)10-11-19(16)15(20)3/h9-12,14,17H,4-8,13H2,1-3H3. The van der Waals surface area contributed by atoms with Crippen LogP contribution < -0.4 is 9.47 Å². The van der Waals surface area contributed by atoms with Gasteiger partial charge in [-0.1, -0.05) is 35.0 Å². The second-order valence-corrected chi connectivity index (χ2v) is 7.15. The molecule has 0 aliphatic rings. The normalized spacial score (nSPS) is 12.3. The van der Waals surface area contributed by atoms with Crippen molar-refractivity contribution in [3.8, 4) is 11.5 Å². The second-order valence-electron chi connectivity index (χ2n) is 5.85. The first-order chi connectivity index (χ1) is 11.2. The molecular weight excluding hydrogens is 352 g/mol. The van der Waals surface area contributed by atoms with Gasteiger partial charge < -0.3 is 9.47 Å². The van der Waals surface area contributed by atoms with Crippen molar-refractivity contribution in [1.29, 1.82) is 0 Å². The largest absolute Gasteiger partial charge is 0.494 e. The van der Waals surface area contributed by atoms with Gasteiger partial charge in [0.1, 0.15) is 11.5 Å². The number of benzene rings is 2. The number of halogens is 1. The molecule has 2 nitrogen and oxygen atoms in total. The maximum Gasteiger partial charge on any atom is 0.122 e. The number of hydrogen-bond donors (Lipinski definition) is 0. The summed E-state index contributed by atoms with van der Waals surface area (Å²) in [6.07, 6.45) is 4.71. The van der Waals surface area contributed by atoms with E-state index in [1.54, 1.807) is 0 Å². The molecule has 23 heavy (non-hydrogen) atoms. The van der Waals surface area contributed by atoms with Crippen molar-refractivity contribution < 1.29 is 9.47 Å². The summed E-state index contributed by atoms with van der Waals surface area (Å²) in [4.78, 5) is 0.643. The van der Waals surface area contributed by atoms with Crippen LogP contribution in [0.1, 0.15) is 45.1 Å². The fourth-order valence-electron chi connectivity index (χ4n) is 2.71. The van der Waals surface area contributed by atoms with Crippen LogP contribution >= 0.6 is 15.9 Å². The first-order valence-corrected chi connectivity index (χ1v) is 9.50. The molecule has 0 saturated carbocycles. The molecule has 0 radical (unpaired) electrons. The van der Waals surface area contributed by atoms with E-state index in [2.05, 4.69) is 54.0 Å². The molecular formula is C20H27BrO2. The predicted octanol–water partition coefficient (Wildman–Crippen LogP) is 6.27. The van der Waals surface area contributed by atoms with Crippen molar-refractivity contribution in [2.75, 3.05) is 13.2 Å². The van der Waals surface area contributed by atoms with Crippen LogP contribution in [0.3, 0.4) is 0 Å². The maximum atomic E-state index is 5.99. The Morgan fingerprint density at radius 3 is 2.61 bits per heavy atom. The Labute approximate surface area is 148 Å². The van der Waals surface area contributed by atoms with Crippen LogP contribution in [0.5, 0.6) is 11.5 Å². The molecule has 0 N–H and O–H groups in total. The lowest BCUT2D eigenvalue weighted by Crippen LogP contribution is -2.01. The van der Waals surface area contributed by atoms with Crippen LogP contribution in [0.25, 0.3) is 10.8 Å². The number of unbranched alkanes of at least 4 members (excludes halogenated alkanes) is 1. The topological polar surface area (TPSA) is 18.5 Å². The monoisotopic (exact) mass is 378 g/mol. The molecule has 0 spiro atoms. The van der Waals surface area contributed by atoms with Gasteiger partial charge in [-0.2, -0.15) is 0 Å². The lowest BCUT2D eigenvalue weighted by molar-refractivity contribution is 0.303. The summed E-state index contributed by atoms with van der Waals surface area (Å²) >= 11 is 3.68. The van der Waals surface area contributed by atoms with E-state index in [1.165, 1.54) is 35.6 Å². The van der Waals surface area contributed by atoms with Gasteiger partial charge in [0.05, 0.1) is 13.2 Å². The molecule has 2 rings (SSSR count). The average molecular weight is 379 g/mol. The molecule has 0 bridgehead atoms. The first-order valence-electron chi connectivity index (χ1n) is 8.58. The number of rotatable bonds is 9.